The van der Waals surface area contributed by atoms with Crippen molar-refractivity contribution in [2.75, 3.05) is 25.0 Å². The average molecular weight is 388 g/mol. The third kappa shape index (κ3) is 3.10. The number of pyridine rings is 1. The fraction of sp³-hybridized carbons (Fsp3) is 0.444. The number of sulfonamides is 1. The Morgan fingerprint density at radius 2 is 2.11 bits per heavy atom. The van der Waals surface area contributed by atoms with Gasteiger partial charge in [0.1, 0.15) is 5.65 Å². The number of aryl methyl sites for hydroxylation is 1. The van der Waals surface area contributed by atoms with Gasteiger partial charge < -0.3 is 14.5 Å². The summed E-state index contributed by atoms with van der Waals surface area (Å²) in [5, 5.41) is 1.15. The summed E-state index contributed by atoms with van der Waals surface area (Å²) in [5.74, 6) is 0.368. The molecule has 9 heteroatoms. The maximum Gasteiger partial charge on any atom is 0.262 e. The summed E-state index contributed by atoms with van der Waals surface area (Å²) in [6.07, 6.45) is 7.53. The van der Waals surface area contributed by atoms with Gasteiger partial charge in [-0.05, 0) is 24.5 Å². The Hall–Kier alpha value is -2.39. The number of imidazole rings is 1. The van der Waals surface area contributed by atoms with Gasteiger partial charge in [-0.15, -0.1) is 0 Å². The molecule has 0 radical (unpaired) electrons. The van der Waals surface area contributed by atoms with E-state index >= 15 is 0 Å². The first kappa shape index (κ1) is 18.0. The van der Waals surface area contributed by atoms with Gasteiger partial charge in [-0.1, -0.05) is 6.92 Å². The molecule has 1 N–H and O–H groups in total. The Labute approximate surface area is 158 Å². The number of rotatable bonds is 4. The lowest BCUT2D eigenvalue weighted by Gasteiger charge is -2.41. The van der Waals surface area contributed by atoms with Crippen molar-refractivity contribution in [1.29, 1.82) is 0 Å². The van der Waals surface area contributed by atoms with Crippen LogP contribution < -0.4 is 4.90 Å². The van der Waals surface area contributed by atoms with Gasteiger partial charge in [0.15, 0.2) is 5.03 Å². The number of aromatic amines is 1. The van der Waals surface area contributed by atoms with Crippen molar-refractivity contribution >= 4 is 26.7 Å². The molecule has 0 aliphatic carbocycles. The highest BCUT2D eigenvalue weighted by Gasteiger charge is 2.37. The minimum Gasteiger partial charge on any atom is -0.369 e. The van der Waals surface area contributed by atoms with Crippen LogP contribution in [0.4, 0.5) is 5.69 Å². The lowest BCUT2D eigenvalue weighted by Crippen LogP contribution is -2.52. The number of anilines is 1. The zero-order chi connectivity index (χ0) is 19.2. The third-order valence-corrected chi connectivity index (χ3v) is 7.23. The number of aromatic nitrogens is 4. The molecule has 1 fully saturated rings. The van der Waals surface area contributed by atoms with Crippen LogP contribution in [0, 0.1) is 5.92 Å². The van der Waals surface area contributed by atoms with Crippen LogP contribution in [-0.2, 0) is 17.1 Å². The summed E-state index contributed by atoms with van der Waals surface area (Å²) in [7, 11) is 0.209. The number of fused-ring (bicyclic) bond motifs is 1. The fourth-order valence-corrected chi connectivity index (χ4v) is 5.27. The Bertz CT molecular complexity index is 1060. The zero-order valence-electron chi connectivity index (χ0n) is 15.7. The molecular weight excluding hydrogens is 364 g/mol. The topological polar surface area (TPSA) is 87.1 Å². The van der Waals surface area contributed by atoms with Gasteiger partial charge >= 0.3 is 0 Å². The molecule has 8 nitrogen and oxygen atoms in total. The van der Waals surface area contributed by atoms with Crippen molar-refractivity contribution in [1.82, 2.24) is 23.8 Å². The van der Waals surface area contributed by atoms with Gasteiger partial charge in [-0.2, -0.15) is 4.31 Å². The smallest absolute Gasteiger partial charge is 0.262 e. The van der Waals surface area contributed by atoms with Gasteiger partial charge in [0.05, 0.1) is 6.33 Å². The summed E-state index contributed by atoms with van der Waals surface area (Å²) >= 11 is 0. The predicted molar refractivity (Wildman–Crippen MR) is 104 cm³/mol. The Balaban J connectivity index is 1.64. The highest BCUT2D eigenvalue weighted by atomic mass is 32.2. The van der Waals surface area contributed by atoms with E-state index in [2.05, 4.69) is 26.8 Å². The van der Waals surface area contributed by atoms with Crippen LogP contribution in [0.2, 0.25) is 0 Å². The summed E-state index contributed by atoms with van der Waals surface area (Å²) in [4.78, 5) is 13.7. The van der Waals surface area contributed by atoms with Gasteiger partial charge in [0.2, 0.25) is 0 Å². The summed E-state index contributed by atoms with van der Waals surface area (Å²) in [6.45, 7) is 3.13. The van der Waals surface area contributed by atoms with Crippen LogP contribution in [0.5, 0.6) is 0 Å². The maximum absolute atomic E-state index is 13.0. The Morgan fingerprint density at radius 1 is 1.30 bits per heavy atom. The molecule has 0 saturated carbocycles. The third-order valence-electron chi connectivity index (χ3n) is 5.48. The quantitative estimate of drug-likeness (QED) is 0.737. The van der Waals surface area contributed by atoms with Crippen LogP contribution in [0.1, 0.15) is 13.3 Å². The zero-order valence-corrected chi connectivity index (χ0v) is 16.5. The second-order valence-electron chi connectivity index (χ2n) is 7.25. The average Bonchev–Trinajstić information content (AvgIpc) is 3.30. The highest BCUT2D eigenvalue weighted by molar-refractivity contribution is 7.89. The maximum atomic E-state index is 13.0. The number of hydrogen-bond donors (Lipinski definition) is 1. The van der Waals surface area contributed by atoms with Crippen molar-refractivity contribution in [2.24, 2.45) is 13.0 Å². The van der Waals surface area contributed by atoms with E-state index in [0.717, 1.165) is 23.1 Å². The molecule has 1 saturated heterocycles. The van der Waals surface area contributed by atoms with Gasteiger partial charge in [-0.3, -0.25) is 0 Å². The van der Waals surface area contributed by atoms with Crippen LogP contribution in [-0.4, -0.2) is 58.4 Å². The standard InChI is InChI=1S/C18H24N6O2S/c1-13-6-9-24(27(25,26)17-11-22(2)12-21-17)10-16(13)23(3)15-5-8-20-18-14(15)4-7-19-18/h4-5,7-8,11-13,16H,6,9-10H2,1-3H3,(H,19,20)/t13-,16?/m1/s1. The molecule has 0 amide bonds. The molecule has 1 unspecified atom stereocenters. The van der Waals surface area contributed by atoms with E-state index in [1.807, 2.05) is 25.4 Å². The molecule has 3 aromatic heterocycles. The second-order valence-corrected chi connectivity index (χ2v) is 9.14. The number of piperidine rings is 1. The second kappa shape index (κ2) is 6.65. The summed E-state index contributed by atoms with van der Waals surface area (Å²) in [6, 6.07) is 4.05. The lowest BCUT2D eigenvalue weighted by molar-refractivity contribution is 0.247. The normalized spacial score (nSPS) is 21.6. The molecule has 1 aliphatic rings. The molecule has 4 rings (SSSR count). The van der Waals surface area contributed by atoms with Gasteiger partial charge in [0, 0.05) is 62.9 Å². The first-order valence-electron chi connectivity index (χ1n) is 9.01. The largest absolute Gasteiger partial charge is 0.369 e. The van der Waals surface area contributed by atoms with Crippen molar-refractivity contribution in [2.45, 2.75) is 24.4 Å². The van der Waals surface area contributed by atoms with Crippen LogP contribution in [0.15, 0.2) is 42.1 Å². The first-order valence-corrected chi connectivity index (χ1v) is 10.4. The number of nitrogens with zero attached hydrogens (tertiary/aromatic N) is 5. The Kier molecular flexibility index (Phi) is 4.43. The first-order chi connectivity index (χ1) is 12.9. The number of H-pyrrole nitrogens is 1. The van der Waals surface area contributed by atoms with Crippen LogP contribution >= 0.6 is 0 Å². The van der Waals surface area contributed by atoms with Gasteiger partial charge in [0.25, 0.3) is 10.0 Å². The Morgan fingerprint density at radius 3 is 2.85 bits per heavy atom. The van der Waals surface area contributed by atoms with E-state index in [-0.39, 0.29) is 11.1 Å². The SMILES string of the molecule is C[C@@H]1CCN(S(=O)(=O)c2cn(C)cn2)CC1N(C)c1ccnc2[nH]ccc12. The minimum atomic E-state index is -3.59. The molecule has 27 heavy (non-hydrogen) atoms. The van der Waals surface area contributed by atoms with Crippen molar-refractivity contribution < 1.29 is 8.42 Å². The minimum absolute atomic E-state index is 0.0673. The van der Waals surface area contributed by atoms with Crippen molar-refractivity contribution in [3.63, 3.8) is 0 Å². The molecule has 0 spiro atoms. The van der Waals surface area contributed by atoms with E-state index in [1.54, 1.807) is 28.3 Å². The van der Waals surface area contributed by atoms with Crippen molar-refractivity contribution in [3.8, 4) is 0 Å². The highest BCUT2D eigenvalue weighted by Crippen LogP contribution is 2.31. The van der Waals surface area contributed by atoms with Crippen LogP contribution in [0.25, 0.3) is 11.0 Å². The molecule has 144 valence electrons. The molecule has 0 bridgehead atoms. The summed E-state index contributed by atoms with van der Waals surface area (Å²) < 4.78 is 29.2. The van der Waals surface area contributed by atoms with E-state index < -0.39 is 10.0 Å². The fourth-order valence-electron chi connectivity index (χ4n) is 3.83. The summed E-state index contributed by atoms with van der Waals surface area (Å²) in [5.41, 5.74) is 1.89. The van der Waals surface area contributed by atoms with E-state index in [4.69, 9.17) is 0 Å². The van der Waals surface area contributed by atoms with Crippen molar-refractivity contribution in [3.05, 3.63) is 37.1 Å². The predicted octanol–water partition coefficient (Wildman–Crippen LogP) is 1.83. The van der Waals surface area contributed by atoms with Gasteiger partial charge in [-0.25, -0.2) is 18.4 Å². The number of likely N-dealkylation sites (N-methyl/N-ethyl adjacent to an activating group) is 1. The van der Waals surface area contributed by atoms with E-state index in [0.29, 0.717) is 19.0 Å². The molecular formula is C18H24N6O2S. The monoisotopic (exact) mass is 388 g/mol. The van der Waals surface area contributed by atoms with Crippen LogP contribution in [0.3, 0.4) is 0 Å². The van der Waals surface area contributed by atoms with E-state index in [9.17, 15) is 8.42 Å². The lowest BCUT2D eigenvalue weighted by atomic mass is 9.93. The number of nitrogens with one attached hydrogen (secondary N) is 1. The molecule has 4 heterocycles. The number of hydrogen-bond acceptors (Lipinski definition) is 5. The molecule has 2 atom stereocenters. The van der Waals surface area contributed by atoms with E-state index in [1.165, 1.54) is 6.33 Å². The molecule has 1 aliphatic heterocycles. The molecule has 0 aromatic carbocycles. The molecule has 3 aromatic rings.